The van der Waals surface area contributed by atoms with E-state index in [-0.39, 0.29) is 24.0 Å². The third-order valence-corrected chi connectivity index (χ3v) is 8.58. The van der Waals surface area contributed by atoms with E-state index in [0.29, 0.717) is 22.5 Å². The van der Waals surface area contributed by atoms with E-state index in [1.807, 2.05) is 11.8 Å². The topological polar surface area (TPSA) is 65.0 Å². The van der Waals surface area contributed by atoms with E-state index in [9.17, 15) is 8.42 Å². The second-order valence-electron chi connectivity index (χ2n) is 5.58. The summed E-state index contributed by atoms with van der Waals surface area (Å²) in [4.78, 5) is 6.61. The summed E-state index contributed by atoms with van der Waals surface area (Å²) >= 11 is 3.26. The molecule has 1 aliphatic heterocycles. The van der Waals surface area contributed by atoms with Crippen LogP contribution in [0.3, 0.4) is 0 Å². The first-order valence-electron chi connectivity index (χ1n) is 8.06. The van der Waals surface area contributed by atoms with Crippen LogP contribution in [0.1, 0.15) is 13.3 Å². The highest BCUT2D eigenvalue weighted by atomic mass is 127. The molecule has 10 heteroatoms. The van der Waals surface area contributed by atoms with Crippen molar-refractivity contribution in [3.05, 3.63) is 17.5 Å². The highest BCUT2D eigenvalue weighted by Gasteiger charge is 2.23. The lowest BCUT2D eigenvalue weighted by Gasteiger charge is -2.34. The van der Waals surface area contributed by atoms with E-state index < -0.39 is 10.0 Å². The van der Waals surface area contributed by atoms with Crippen LogP contribution in [-0.2, 0) is 10.0 Å². The van der Waals surface area contributed by atoms with Gasteiger partial charge in [0.25, 0.3) is 10.0 Å². The average molecular weight is 519 g/mol. The number of likely N-dealkylation sites (N-methyl/N-ethyl adjacent to an activating group) is 1. The van der Waals surface area contributed by atoms with E-state index in [1.54, 1.807) is 31.6 Å². The predicted molar refractivity (Wildman–Crippen MR) is 119 cm³/mol. The summed E-state index contributed by atoms with van der Waals surface area (Å²) in [5.74, 6) is 1.96. The average Bonchev–Trinajstić information content (AvgIpc) is 3.14. The highest BCUT2D eigenvalue weighted by Crippen LogP contribution is 2.21. The van der Waals surface area contributed by atoms with Crippen molar-refractivity contribution < 1.29 is 8.42 Å². The van der Waals surface area contributed by atoms with Crippen molar-refractivity contribution in [2.45, 2.75) is 22.8 Å². The summed E-state index contributed by atoms with van der Waals surface area (Å²) in [5, 5.41) is 5.71. The zero-order valence-electron chi connectivity index (χ0n) is 14.8. The molecule has 1 aromatic heterocycles. The maximum Gasteiger partial charge on any atom is 0.252 e. The van der Waals surface area contributed by atoms with Crippen LogP contribution in [0.4, 0.5) is 0 Å². The molecular formula is C15H27IN4O2S3. The van der Waals surface area contributed by atoms with E-state index in [1.165, 1.54) is 15.6 Å². The number of thioether (sulfide) groups is 1. The Balaban J connectivity index is 0.00000312. The molecule has 2 rings (SSSR count). The molecule has 1 aliphatic rings. The molecule has 0 aliphatic carbocycles. The van der Waals surface area contributed by atoms with Crippen LogP contribution in [-0.4, -0.2) is 74.9 Å². The largest absolute Gasteiger partial charge is 0.355 e. The van der Waals surface area contributed by atoms with Crippen molar-refractivity contribution in [1.82, 2.24) is 14.5 Å². The summed E-state index contributed by atoms with van der Waals surface area (Å²) in [6.45, 7) is 5.11. The minimum Gasteiger partial charge on any atom is -0.355 e. The number of guanidine groups is 1. The lowest BCUT2D eigenvalue weighted by Crippen LogP contribution is -2.49. The number of nitrogens with zero attached hydrogens (tertiary/aromatic N) is 3. The fourth-order valence-electron chi connectivity index (χ4n) is 2.50. The second kappa shape index (κ2) is 11.0. The monoisotopic (exact) mass is 518 g/mol. The van der Waals surface area contributed by atoms with Gasteiger partial charge in [-0.3, -0.25) is 4.99 Å². The zero-order chi connectivity index (χ0) is 17.6. The smallest absolute Gasteiger partial charge is 0.252 e. The van der Waals surface area contributed by atoms with Gasteiger partial charge in [0, 0.05) is 51.3 Å². The number of nitrogens with one attached hydrogen (secondary N) is 1. The van der Waals surface area contributed by atoms with E-state index >= 15 is 0 Å². The molecule has 0 bridgehead atoms. The van der Waals surface area contributed by atoms with Crippen LogP contribution in [0.15, 0.2) is 26.7 Å². The van der Waals surface area contributed by atoms with Gasteiger partial charge in [-0.25, -0.2) is 8.42 Å². The van der Waals surface area contributed by atoms with Crippen molar-refractivity contribution in [2.24, 2.45) is 4.99 Å². The molecule has 1 saturated heterocycles. The van der Waals surface area contributed by atoms with Crippen molar-refractivity contribution >= 4 is 63.1 Å². The van der Waals surface area contributed by atoms with E-state index in [0.717, 1.165) is 31.2 Å². The number of hydrogen-bond acceptors (Lipinski definition) is 5. The second-order valence-corrected chi connectivity index (χ2v) is 10.2. The van der Waals surface area contributed by atoms with Gasteiger partial charge in [0.05, 0.1) is 0 Å². The van der Waals surface area contributed by atoms with Crippen molar-refractivity contribution in [2.75, 3.05) is 46.0 Å². The van der Waals surface area contributed by atoms with Gasteiger partial charge in [0.15, 0.2) is 5.96 Å². The first kappa shape index (κ1) is 23.0. The zero-order valence-corrected chi connectivity index (χ0v) is 19.6. The fourth-order valence-corrected chi connectivity index (χ4v) is 6.05. The predicted octanol–water partition coefficient (Wildman–Crippen LogP) is 2.39. The Labute approximate surface area is 176 Å². The Morgan fingerprint density at radius 3 is 2.88 bits per heavy atom. The van der Waals surface area contributed by atoms with Crippen LogP contribution >= 0.6 is 47.1 Å². The van der Waals surface area contributed by atoms with E-state index in [2.05, 4.69) is 22.1 Å². The molecule has 2 heterocycles. The quantitative estimate of drug-likeness (QED) is 0.356. The molecule has 0 saturated carbocycles. The van der Waals surface area contributed by atoms with E-state index in [4.69, 9.17) is 0 Å². The summed E-state index contributed by atoms with van der Waals surface area (Å²) in [6, 6.07) is 3.39. The lowest BCUT2D eigenvalue weighted by atomic mass is 10.3. The first-order valence-corrected chi connectivity index (χ1v) is 11.4. The van der Waals surface area contributed by atoms with Gasteiger partial charge in [-0.15, -0.1) is 35.3 Å². The van der Waals surface area contributed by atoms with Crippen LogP contribution < -0.4 is 5.32 Å². The molecule has 0 amide bonds. The number of thiophene rings is 1. The molecule has 1 aromatic rings. The van der Waals surface area contributed by atoms with Crippen LogP contribution in [0.5, 0.6) is 0 Å². The van der Waals surface area contributed by atoms with Crippen molar-refractivity contribution in [3.63, 3.8) is 0 Å². The Morgan fingerprint density at radius 1 is 1.52 bits per heavy atom. The molecule has 0 aromatic carbocycles. The maximum atomic E-state index is 12.4. The van der Waals surface area contributed by atoms with Crippen molar-refractivity contribution in [3.8, 4) is 0 Å². The van der Waals surface area contributed by atoms with Gasteiger partial charge in [0.1, 0.15) is 4.21 Å². The van der Waals surface area contributed by atoms with Gasteiger partial charge in [-0.05, 0) is 17.9 Å². The molecule has 6 nitrogen and oxygen atoms in total. The minimum atomic E-state index is -3.38. The van der Waals surface area contributed by atoms with Crippen LogP contribution in [0.25, 0.3) is 0 Å². The van der Waals surface area contributed by atoms with Crippen molar-refractivity contribution in [1.29, 1.82) is 0 Å². The van der Waals surface area contributed by atoms with Gasteiger partial charge in [-0.2, -0.15) is 16.1 Å². The third kappa shape index (κ3) is 6.26. The minimum absolute atomic E-state index is 0. The lowest BCUT2D eigenvalue weighted by molar-refractivity contribution is 0.403. The van der Waals surface area contributed by atoms with Gasteiger partial charge < -0.3 is 10.2 Å². The Bertz CT molecular complexity index is 637. The summed E-state index contributed by atoms with van der Waals surface area (Å²) in [7, 11) is 0.00730. The third-order valence-electron chi connectivity index (χ3n) is 3.97. The van der Waals surface area contributed by atoms with Crippen LogP contribution in [0.2, 0.25) is 0 Å². The SMILES string of the molecule is CCC1CN(C(=NC)NCCN(C)S(=O)(=O)c2cccs2)CCS1.I. The van der Waals surface area contributed by atoms with Gasteiger partial charge >= 0.3 is 0 Å². The molecule has 1 fully saturated rings. The summed E-state index contributed by atoms with van der Waals surface area (Å²) in [6.07, 6.45) is 1.15. The Morgan fingerprint density at radius 2 is 2.28 bits per heavy atom. The number of aliphatic imine (C=N–C) groups is 1. The Kier molecular flexibility index (Phi) is 10.1. The maximum absolute atomic E-state index is 12.4. The number of rotatable bonds is 6. The fraction of sp³-hybridized carbons (Fsp3) is 0.667. The molecular weight excluding hydrogens is 491 g/mol. The van der Waals surface area contributed by atoms with Gasteiger partial charge in [-0.1, -0.05) is 13.0 Å². The van der Waals surface area contributed by atoms with Gasteiger partial charge in [0.2, 0.25) is 0 Å². The molecule has 1 atom stereocenters. The molecule has 25 heavy (non-hydrogen) atoms. The molecule has 1 unspecified atom stereocenters. The number of sulfonamides is 1. The standard InChI is InChI=1S/C15H26N4O2S3.HI/c1-4-13-12-19(9-11-22-13)15(16-2)17-7-8-18(3)24(20,21)14-6-5-10-23-14;/h5-6,10,13H,4,7-9,11-12H2,1-3H3,(H,16,17);1H. The highest BCUT2D eigenvalue weighted by molar-refractivity contribution is 14.0. The molecule has 1 N–H and O–H groups in total. The Hall–Kier alpha value is -0.0400. The first-order chi connectivity index (χ1) is 11.5. The number of hydrogen-bond donors (Lipinski definition) is 1. The molecule has 144 valence electrons. The molecule has 0 spiro atoms. The normalized spacial score (nSPS) is 19.0. The van der Waals surface area contributed by atoms with Crippen LogP contribution in [0, 0.1) is 0 Å². The summed E-state index contributed by atoms with van der Waals surface area (Å²) < 4.78 is 26.5. The number of halogens is 1. The summed E-state index contributed by atoms with van der Waals surface area (Å²) in [5.41, 5.74) is 0. The molecule has 0 radical (unpaired) electrons.